The lowest BCUT2D eigenvalue weighted by Gasteiger charge is -1.95. The van der Waals surface area contributed by atoms with Crippen LogP contribution in [-0.4, -0.2) is 0 Å². The first-order chi connectivity index (χ1) is 7.02. The number of hydrogen-bond acceptors (Lipinski definition) is 0. The van der Waals surface area contributed by atoms with E-state index in [0.29, 0.717) is 0 Å². The highest BCUT2D eigenvalue weighted by atomic mass is 13.9. The number of unbranched alkanes of at least 4 members (excludes halogenated alkanes) is 2. The molecule has 0 heteroatoms. The Bertz CT molecular complexity index is 270. The molecule has 15 heavy (non-hydrogen) atoms. The molecule has 0 aliphatic carbocycles. The lowest BCUT2D eigenvalue weighted by Crippen LogP contribution is -1.74. The first kappa shape index (κ1) is 14.0. The lowest BCUT2D eigenvalue weighted by atomic mass is 10.1. The summed E-state index contributed by atoms with van der Waals surface area (Å²) in [5.41, 5.74) is 3.87. The molecule has 0 saturated carbocycles. The van der Waals surface area contributed by atoms with Crippen LogP contribution < -0.4 is 0 Å². The molecular formula is C15H24. The summed E-state index contributed by atoms with van der Waals surface area (Å²) in [4.78, 5) is 0. The van der Waals surface area contributed by atoms with Crippen molar-refractivity contribution in [1.29, 1.82) is 0 Å². The van der Waals surface area contributed by atoms with E-state index < -0.39 is 0 Å². The van der Waals surface area contributed by atoms with Gasteiger partial charge >= 0.3 is 0 Å². The summed E-state index contributed by atoms with van der Waals surface area (Å²) in [5.74, 6) is 0. The van der Waals surface area contributed by atoms with Gasteiger partial charge in [-0.15, -0.1) is 0 Å². The van der Waals surface area contributed by atoms with E-state index in [-0.39, 0.29) is 0 Å². The zero-order valence-electron chi connectivity index (χ0n) is 10.6. The SMILES string of the molecule is C=C(C)/C=C/CCC/C=C(\C)C=C(C)C. The number of rotatable bonds is 6. The third-order valence-electron chi connectivity index (χ3n) is 1.96. The molecule has 0 heterocycles. The normalized spacial score (nSPS) is 11.9. The van der Waals surface area contributed by atoms with Gasteiger partial charge in [0.15, 0.2) is 0 Å². The highest BCUT2D eigenvalue weighted by Gasteiger charge is 1.85. The molecule has 0 aliphatic rings. The molecule has 0 unspecified atom stereocenters. The minimum absolute atomic E-state index is 1.13. The van der Waals surface area contributed by atoms with Crippen LogP contribution in [0.1, 0.15) is 47.0 Å². The smallest absolute Gasteiger partial charge is 0.0342 e. The molecule has 0 nitrogen and oxygen atoms in total. The van der Waals surface area contributed by atoms with Gasteiger partial charge in [-0.25, -0.2) is 0 Å². The van der Waals surface area contributed by atoms with Crippen LogP contribution in [-0.2, 0) is 0 Å². The second-order valence-electron chi connectivity index (χ2n) is 4.35. The van der Waals surface area contributed by atoms with Crippen LogP contribution in [0.4, 0.5) is 0 Å². The summed E-state index contributed by atoms with van der Waals surface area (Å²) in [5, 5.41) is 0. The van der Waals surface area contributed by atoms with E-state index in [2.05, 4.69) is 51.7 Å². The van der Waals surface area contributed by atoms with E-state index in [1.54, 1.807) is 0 Å². The standard InChI is InChI=1S/C15H24/c1-13(2)10-8-6-7-9-11-15(5)12-14(3)4/h8,10-12H,1,6-7,9H2,2-5H3/b10-8+,15-11+. The fourth-order valence-corrected chi connectivity index (χ4v) is 1.36. The summed E-state index contributed by atoms with van der Waals surface area (Å²) in [6.07, 6.45) is 12.4. The van der Waals surface area contributed by atoms with Crippen molar-refractivity contribution in [2.75, 3.05) is 0 Å². The average Bonchev–Trinajstić information content (AvgIpc) is 2.09. The topological polar surface area (TPSA) is 0 Å². The van der Waals surface area contributed by atoms with Gasteiger partial charge in [-0.1, -0.05) is 47.6 Å². The monoisotopic (exact) mass is 204 g/mol. The predicted molar refractivity (Wildman–Crippen MR) is 71.0 cm³/mol. The van der Waals surface area contributed by atoms with Crippen molar-refractivity contribution in [2.45, 2.75) is 47.0 Å². The minimum Gasteiger partial charge on any atom is -0.0961 e. The quantitative estimate of drug-likeness (QED) is 0.412. The number of allylic oxidation sites excluding steroid dienone is 7. The third kappa shape index (κ3) is 10.9. The Morgan fingerprint density at radius 3 is 2.27 bits per heavy atom. The van der Waals surface area contributed by atoms with E-state index in [4.69, 9.17) is 0 Å². The van der Waals surface area contributed by atoms with Gasteiger partial charge in [-0.2, -0.15) is 0 Å². The van der Waals surface area contributed by atoms with Crippen molar-refractivity contribution in [3.8, 4) is 0 Å². The molecule has 0 bridgehead atoms. The lowest BCUT2D eigenvalue weighted by molar-refractivity contribution is 0.863. The molecule has 0 N–H and O–H groups in total. The maximum Gasteiger partial charge on any atom is -0.0342 e. The van der Waals surface area contributed by atoms with E-state index in [1.807, 2.05) is 6.92 Å². The van der Waals surface area contributed by atoms with Gasteiger partial charge in [0.1, 0.15) is 0 Å². The summed E-state index contributed by atoms with van der Waals surface area (Å²) in [6.45, 7) is 12.3. The summed E-state index contributed by atoms with van der Waals surface area (Å²) in [6, 6.07) is 0. The van der Waals surface area contributed by atoms with Crippen molar-refractivity contribution >= 4 is 0 Å². The van der Waals surface area contributed by atoms with Gasteiger partial charge in [0.05, 0.1) is 0 Å². The molecule has 0 aromatic heterocycles. The van der Waals surface area contributed by atoms with Crippen LogP contribution in [0, 0.1) is 0 Å². The molecule has 0 radical (unpaired) electrons. The van der Waals surface area contributed by atoms with Gasteiger partial charge < -0.3 is 0 Å². The highest BCUT2D eigenvalue weighted by molar-refractivity contribution is 5.19. The first-order valence-electron chi connectivity index (χ1n) is 5.66. The molecule has 0 aromatic carbocycles. The Hall–Kier alpha value is -1.04. The Morgan fingerprint density at radius 1 is 1.07 bits per heavy atom. The molecule has 0 saturated heterocycles. The molecule has 0 fully saturated rings. The fraction of sp³-hybridized carbons (Fsp3) is 0.467. The minimum atomic E-state index is 1.13. The van der Waals surface area contributed by atoms with Crippen LogP contribution in [0.2, 0.25) is 0 Å². The Balaban J connectivity index is 3.70. The Morgan fingerprint density at radius 2 is 1.73 bits per heavy atom. The molecule has 0 atom stereocenters. The Kier molecular flexibility index (Phi) is 7.71. The highest BCUT2D eigenvalue weighted by Crippen LogP contribution is 2.06. The summed E-state index contributed by atoms with van der Waals surface area (Å²) in [7, 11) is 0. The van der Waals surface area contributed by atoms with E-state index in [1.165, 1.54) is 17.6 Å². The van der Waals surface area contributed by atoms with Gasteiger partial charge in [0, 0.05) is 0 Å². The van der Waals surface area contributed by atoms with Crippen LogP contribution in [0.15, 0.2) is 47.6 Å². The van der Waals surface area contributed by atoms with Crippen molar-refractivity contribution < 1.29 is 0 Å². The molecule has 0 aromatic rings. The molecule has 0 amide bonds. The third-order valence-corrected chi connectivity index (χ3v) is 1.96. The molecule has 84 valence electrons. The Labute approximate surface area is 95.1 Å². The second-order valence-corrected chi connectivity index (χ2v) is 4.35. The van der Waals surface area contributed by atoms with E-state index in [0.717, 1.165) is 18.4 Å². The number of hydrogen-bond donors (Lipinski definition) is 0. The van der Waals surface area contributed by atoms with E-state index in [9.17, 15) is 0 Å². The largest absolute Gasteiger partial charge is 0.0961 e. The first-order valence-corrected chi connectivity index (χ1v) is 5.66. The summed E-state index contributed by atoms with van der Waals surface area (Å²) >= 11 is 0. The van der Waals surface area contributed by atoms with Crippen molar-refractivity contribution in [2.24, 2.45) is 0 Å². The second kappa shape index (κ2) is 8.28. The molecule has 0 spiro atoms. The molecule has 0 aliphatic heterocycles. The average molecular weight is 204 g/mol. The van der Waals surface area contributed by atoms with E-state index >= 15 is 0 Å². The zero-order chi connectivity index (χ0) is 11.7. The van der Waals surface area contributed by atoms with Gasteiger partial charge in [0.2, 0.25) is 0 Å². The van der Waals surface area contributed by atoms with Gasteiger partial charge in [0.25, 0.3) is 0 Å². The molecule has 0 rings (SSSR count). The summed E-state index contributed by atoms with van der Waals surface area (Å²) < 4.78 is 0. The predicted octanol–water partition coefficient (Wildman–Crippen LogP) is 5.20. The maximum atomic E-state index is 3.83. The molecular weight excluding hydrogens is 180 g/mol. The van der Waals surface area contributed by atoms with Crippen LogP contribution in [0.5, 0.6) is 0 Å². The fourth-order valence-electron chi connectivity index (χ4n) is 1.36. The van der Waals surface area contributed by atoms with Gasteiger partial charge in [-0.05, 0) is 47.0 Å². The van der Waals surface area contributed by atoms with Crippen molar-refractivity contribution in [3.05, 3.63) is 47.6 Å². The van der Waals surface area contributed by atoms with Crippen LogP contribution >= 0.6 is 0 Å². The van der Waals surface area contributed by atoms with Crippen LogP contribution in [0.3, 0.4) is 0 Å². The zero-order valence-corrected chi connectivity index (χ0v) is 10.6. The van der Waals surface area contributed by atoms with Crippen molar-refractivity contribution in [3.63, 3.8) is 0 Å². The van der Waals surface area contributed by atoms with Gasteiger partial charge in [-0.3, -0.25) is 0 Å². The van der Waals surface area contributed by atoms with Crippen LogP contribution in [0.25, 0.3) is 0 Å². The van der Waals surface area contributed by atoms with Crippen molar-refractivity contribution in [1.82, 2.24) is 0 Å². The maximum absolute atomic E-state index is 3.83.